The summed E-state index contributed by atoms with van der Waals surface area (Å²) in [5.41, 5.74) is 1.73. The molecule has 0 spiro atoms. The molecular weight excluding hydrogens is 278 g/mol. The van der Waals surface area contributed by atoms with E-state index in [1.165, 1.54) is 12.1 Å². The fraction of sp³-hybridized carbons (Fsp3) is 0.353. The minimum Gasteiger partial charge on any atom is -0.354 e. The van der Waals surface area contributed by atoms with Gasteiger partial charge in [0.2, 0.25) is 0 Å². The second kappa shape index (κ2) is 7.02. The Morgan fingerprint density at radius 3 is 2.73 bits per heavy atom. The SMILES string of the molecule is Cc1cc(=O)cc(C(=O)NC(CC(C)C)c2cccnc2)[nH]1. The van der Waals surface area contributed by atoms with Crippen LogP contribution in [0.4, 0.5) is 0 Å². The molecule has 2 aromatic rings. The molecule has 0 saturated heterocycles. The molecule has 22 heavy (non-hydrogen) atoms. The number of amides is 1. The molecule has 0 aliphatic heterocycles. The molecule has 0 aliphatic rings. The Morgan fingerprint density at radius 1 is 1.36 bits per heavy atom. The lowest BCUT2D eigenvalue weighted by molar-refractivity contribution is 0.0926. The average molecular weight is 299 g/mol. The lowest BCUT2D eigenvalue weighted by Crippen LogP contribution is -2.31. The lowest BCUT2D eigenvalue weighted by atomic mass is 9.98. The fourth-order valence-electron chi connectivity index (χ4n) is 2.37. The van der Waals surface area contributed by atoms with Crippen LogP contribution in [0, 0.1) is 12.8 Å². The molecule has 1 atom stereocenters. The molecule has 0 aliphatic carbocycles. The summed E-state index contributed by atoms with van der Waals surface area (Å²) in [6.07, 6.45) is 4.26. The smallest absolute Gasteiger partial charge is 0.268 e. The minimum absolute atomic E-state index is 0.134. The van der Waals surface area contributed by atoms with E-state index in [-0.39, 0.29) is 23.1 Å². The molecule has 5 nitrogen and oxygen atoms in total. The van der Waals surface area contributed by atoms with Gasteiger partial charge in [-0.25, -0.2) is 0 Å². The van der Waals surface area contributed by atoms with Gasteiger partial charge in [-0.1, -0.05) is 19.9 Å². The molecule has 116 valence electrons. The lowest BCUT2D eigenvalue weighted by Gasteiger charge is -2.21. The third-order valence-corrected chi connectivity index (χ3v) is 3.32. The third kappa shape index (κ3) is 4.28. The van der Waals surface area contributed by atoms with Crippen LogP contribution in [0.3, 0.4) is 0 Å². The largest absolute Gasteiger partial charge is 0.354 e. The maximum atomic E-state index is 12.4. The number of aromatic nitrogens is 2. The molecular formula is C17H21N3O2. The van der Waals surface area contributed by atoms with Gasteiger partial charge in [0.25, 0.3) is 5.91 Å². The summed E-state index contributed by atoms with van der Waals surface area (Å²) in [5, 5.41) is 2.99. The summed E-state index contributed by atoms with van der Waals surface area (Å²) in [4.78, 5) is 31.0. The normalized spacial score (nSPS) is 12.2. The number of carbonyl (C=O) groups is 1. The first kappa shape index (κ1) is 15.9. The van der Waals surface area contributed by atoms with Gasteiger partial charge in [0.15, 0.2) is 5.43 Å². The van der Waals surface area contributed by atoms with Gasteiger partial charge in [0, 0.05) is 30.2 Å². The topological polar surface area (TPSA) is 74.8 Å². The van der Waals surface area contributed by atoms with Crippen LogP contribution in [0.15, 0.2) is 41.5 Å². The molecule has 0 radical (unpaired) electrons. The van der Waals surface area contributed by atoms with E-state index in [1.807, 2.05) is 12.1 Å². The maximum absolute atomic E-state index is 12.4. The number of nitrogens with one attached hydrogen (secondary N) is 2. The molecule has 2 heterocycles. The van der Waals surface area contributed by atoms with Crippen molar-refractivity contribution in [3.63, 3.8) is 0 Å². The van der Waals surface area contributed by atoms with Crippen LogP contribution in [0.1, 0.15) is 48.1 Å². The maximum Gasteiger partial charge on any atom is 0.268 e. The zero-order chi connectivity index (χ0) is 16.1. The van der Waals surface area contributed by atoms with E-state index in [1.54, 1.807) is 19.3 Å². The van der Waals surface area contributed by atoms with Crippen molar-refractivity contribution in [2.75, 3.05) is 0 Å². The number of nitrogens with zero attached hydrogens (tertiary/aromatic N) is 1. The Balaban J connectivity index is 2.23. The molecule has 1 unspecified atom stereocenters. The Labute approximate surface area is 129 Å². The van der Waals surface area contributed by atoms with Crippen molar-refractivity contribution in [3.8, 4) is 0 Å². The number of aryl methyl sites for hydroxylation is 1. The van der Waals surface area contributed by atoms with Crippen molar-refractivity contribution in [1.29, 1.82) is 0 Å². The van der Waals surface area contributed by atoms with Crippen LogP contribution in [-0.2, 0) is 0 Å². The van der Waals surface area contributed by atoms with Crippen LogP contribution in [-0.4, -0.2) is 15.9 Å². The molecule has 5 heteroatoms. The van der Waals surface area contributed by atoms with Crippen LogP contribution in [0.2, 0.25) is 0 Å². The van der Waals surface area contributed by atoms with Gasteiger partial charge >= 0.3 is 0 Å². The van der Waals surface area contributed by atoms with Crippen molar-refractivity contribution in [2.24, 2.45) is 5.92 Å². The van der Waals surface area contributed by atoms with Crippen LogP contribution < -0.4 is 10.7 Å². The van der Waals surface area contributed by atoms with E-state index in [0.717, 1.165) is 12.0 Å². The first-order valence-corrected chi connectivity index (χ1v) is 7.37. The Morgan fingerprint density at radius 2 is 2.14 bits per heavy atom. The van der Waals surface area contributed by atoms with Gasteiger partial charge in [0.1, 0.15) is 5.69 Å². The summed E-state index contributed by atoms with van der Waals surface area (Å²) in [7, 11) is 0. The third-order valence-electron chi connectivity index (χ3n) is 3.32. The van der Waals surface area contributed by atoms with Gasteiger partial charge < -0.3 is 10.3 Å². The van der Waals surface area contributed by atoms with Crippen LogP contribution >= 0.6 is 0 Å². The minimum atomic E-state index is -0.282. The van der Waals surface area contributed by atoms with Crippen molar-refractivity contribution < 1.29 is 4.79 Å². The van der Waals surface area contributed by atoms with Crippen LogP contribution in [0.25, 0.3) is 0 Å². The molecule has 1 amide bonds. The fourth-order valence-corrected chi connectivity index (χ4v) is 2.37. The van der Waals surface area contributed by atoms with E-state index >= 15 is 0 Å². The van der Waals surface area contributed by atoms with Crippen molar-refractivity contribution >= 4 is 5.91 Å². The van der Waals surface area contributed by atoms with Crippen LogP contribution in [0.5, 0.6) is 0 Å². The molecule has 2 rings (SSSR count). The Hall–Kier alpha value is -2.43. The van der Waals surface area contributed by atoms with E-state index in [2.05, 4.69) is 29.1 Å². The second-order valence-corrected chi connectivity index (χ2v) is 5.85. The van der Waals surface area contributed by atoms with Gasteiger partial charge in [-0.3, -0.25) is 14.6 Å². The number of hydrogen-bond donors (Lipinski definition) is 2. The van der Waals surface area contributed by atoms with Crippen molar-refractivity contribution in [3.05, 3.63) is 63.8 Å². The first-order valence-electron chi connectivity index (χ1n) is 7.37. The summed E-state index contributed by atoms with van der Waals surface area (Å²) < 4.78 is 0. The zero-order valence-electron chi connectivity index (χ0n) is 13.1. The van der Waals surface area contributed by atoms with Gasteiger partial charge in [-0.2, -0.15) is 0 Å². The summed E-state index contributed by atoms with van der Waals surface area (Å²) in [6, 6.07) is 6.44. The molecule has 2 N–H and O–H groups in total. The van der Waals surface area contributed by atoms with Crippen molar-refractivity contribution in [1.82, 2.24) is 15.3 Å². The highest BCUT2D eigenvalue weighted by Crippen LogP contribution is 2.20. The van der Waals surface area contributed by atoms with E-state index in [9.17, 15) is 9.59 Å². The predicted molar refractivity (Wildman–Crippen MR) is 85.7 cm³/mol. The molecule has 0 aromatic carbocycles. The second-order valence-electron chi connectivity index (χ2n) is 5.85. The Bertz CT molecular complexity index is 693. The number of hydrogen-bond acceptors (Lipinski definition) is 3. The highest BCUT2D eigenvalue weighted by atomic mass is 16.2. The standard InChI is InChI=1S/C17H21N3O2/c1-11(2)7-15(13-5-4-6-18-10-13)20-17(22)16-9-14(21)8-12(3)19-16/h4-6,8-11,15H,7H2,1-3H3,(H,19,21)(H,20,22). The number of carbonyl (C=O) groups excluding carboxylic acids is 1. The number of pyridine rings is 2. The monoisotopic (exact) mass is 299 g/mol. The van der Waals surface area contributed by atoms with E-state index in [0.29, 0.717) is 11.6 Å². The molecule has 0 fully saturated rings. The number of rotatable bonds is 5. The summed E-state index contributed by atoms with van der Waals surface area (Å²) >= 11 is 0. The predicted octanol–water partition coefficient (Wildman–Crippen LogP) is 2.60. The highest BCUT2D eigenvalue weighted by Gasteiger charge is 2.18. The van der Waals surface area contributed by atoms with Crippen molar-refractivity contribution in [2.45, 2.75) is 33.2 Å². The van der Waals surface area contributed by atoms with Gasteiger partial charge in [-0.15, -0.1) is 0 Å². The first-order chi connectivity index (χ1) is 10.5. The molecule has 2 aromatic heterocycles. The zero-order valence-corrected chi connectivity index (χ0v) is 13.1. The quantitative estimate of drug-likeness (QED) is 0.891. The number of H-pyrrole nitrogens is 1. The molecule has 0 saturated carbocycles. The van der Waals surface area contributed by atoms with Gasteiger partial charge in [-0.05, 0) is 30.9 Å². The van der Waals surface area contributed by atoms with E-state index < -0.39 is 0 Å². The number of aromatic amines is 1. The molecule has 0 bridgehead atoms. The van der Waals surface area contributed by atoms with Gasteiger partial charge in [0.05, 0.1) is 6.04 Å². The highest BCUT2D eigenvalue weighted by molar-refractivity contribution is 5.92. The average Bonchev–Trinajstić information content (AvgIpc) is 2.46. The summed E-state index contributed by atoms with van der Waals surface area (Å²) in [6.45, 7) is 5.96. The van der Waals surface area contributed by atoms with E-state index in [4.69, 9.17) is 0 Å². The summed E-state index contributed by atoms with van der Waals surface area (Å²) in [5.74, 6) is 0.136. The Kier molecular flexibility index (Phi) is 5.09.